The lowest BCUT2D eigenvalue weighted by Crippen LogP contribution is -3.13. The van der Waals surface area contributed by atoms with E-state index in [2.05, 4.69) is 67.8 Å². The fourth-order valence-electron chi connectivity index (χ4n) is 4.49. The van der Waals surface area contributed by atoms with E-state index in [1.807, 2.05) is 0 Å². The minimum Gasteiger partial charge on any atom is -0.493 e. The van der Waals surface area contributed by atoms with Crippen molar-refractivity contribution in [2.24, 2.45) is 0 Å². The summed E-state index contributed by atoms with van der Waals surface area (Å²) in [7, 11) is 3.39. The van der Waals surface area contributed by atoms with E-state index in [0.29, 0.717) is 5.11 Å². The number of fused-ring (bicyclic) bond motifs is 1. The summed E-state index contributed by atoms with van der Waals surface area (Å²) in [6.07, 6.45) is 1.01. The zero-order valence-corrected chi connectivity index (χ0v) is 19.5. The number of ether oxygens (including phenoxy) is 2. The second kappa shape index (κ2) is 10.1. The van der Waals surface area contributed by atoms with Crippen LogP contribution >= 0.6 is 12.2 Å². The molecule has 2 aromatic rings. The Balaban J connectivity index is 1.99. The summed E-state index contributed by atoms with van der Waals surface area (Å²) in [6.45, 7) is 9.31. The number of nitrogens with one attached hydrogen (secondary N) is 3. The zero-order chi connectivity index (χ0) is 21.7. The lowest BCUT2D eigenvalue weighted by molar-refractivity contribution is -0.948. The molecule has 0 spiro atoms. The second-order valence-corrected chi connectivity index (χ2v) is 8.35. The van der Waals surface area contributed by atoms with Crippen molar-refractivity contribution in [3.8, 4) is 11.5 Å². The topological polar surface area (TPSA) is 47.0 Å². The molecule has 2 aromatic carbocycles. The first-order valence-electron chi connectivity index (χ1n) is 10.7. The highest BCUT2D eigenvalue weighted by Crippen LogP contribution is 2.35. The molecule has 162 valence electrons. The molecule has 1 aliphatic heterocycles. The smallest absolute Gasteiger partial charge is 0.166 e. The Morgan fingerprint density at radius 1 is 1.20 bits per heavy atom. The maximum Gasteiger partial charge on any atom is 0.166 e. The van der Waals surface area contributed by atoms with Gasteiger partial charge in [0.15, 0.2) is 16.6 Å². The Kier molecular flexibility index (Phi) is 7.56. The van der Waals surface area contributed by atoms with Crippen LogP contribution < -0.4 is 25.0 Å². The molecule has 3 rings (SSSR count). The van der Waals surface area contributed by atoms with Crippen molar-refractivity contribution in [3.05, 3.63) is 58.7 Å². The number of hydrogen-bond donors (Lipinski definition) is 3. The SMILES string of the molecule is CCNC(=S)N[C@H](C)[C@@H]1c2cc(OC)c(OC)cc2CC[NH+]1Cc1ccccc1C. The molecule has 1 aliphatic rings. The molecule has 1 unspecified atom stereocenters. The number of rotatable bonds is 7. The third kappa shape index (κ3) is 4.87. The standard InChI is InChI=1S/C24H33N3O2S/c1-6-25-24(30)26-17(3)23-20-14-22(29-5)21(28-4)13-18(20)11-12-27(23)15-19-10-8-7-9-16(19)2/h7-10,13-14,17,23H,6,11-12,15H2,1-5H3,(H2,25,26,30)/p+1/t17-,23-/m1/s1. The molecule has 0 saturated carbocycles. The summed E-state index contributed by atoms with van der Waals surface area (Å²) in [5.74, 6) is 1.57. The minimum atomic E-state index is 0.160. The largest absolute Gasteiger partial charge is 0.493 e. The number of thiocarbonyl (C=S) groups is 1. The summed E-state index contributed by atoms with van der Waals surface area (Å²) in [5.41, 5.74) is 5.37. The number of hydrogen-bond acceptors (Lipinski definition) is 3. The predicted molar refractivity (Wildman–Crippen MR) is 126 cm³/mol. The van der Waals surface area contributed by atoms with Crippen LogP contribution in [0.3, 0.4) is 0 Å². The van der Waals surface area contributed by atoms with Crippen molar-refractivity contribution >= 4 is 17.3 Å². The van der Waals surface area contributed by atoms with Crippen LogP contribution in [0.5, 0.6) is 11.5 Å². The normalized spacial score (nSPS) is 18.8. The van der Waals surface area contributed by atoms with Crippen molar-refractivity contribution in [1.29, 1.82) is 0 Å². The van der Waals surface area contributed by atoms with Gasteiger partial charge in [-0.2, -0.15) is 0 Å². The van der Waals surface area contributed by atoms with E-state index in [1.54, 1.807) is 14.2 Å². The van der Waals surface area contributed by atoms with Gasteiger partial charge in [-0.05, 0) is 56.2 Å². The van der Waals surface area contributed by atoms with E-state index in [0.717, 1.165) is 37.6 Å². The second-order valence-electron chi connectivity index (χ2n) is 7.94. The molecule has 30 heavy (non-hydrogen) atoms. The Hall–Kier alpha value is -2.31. The maximum atomic E-state index is 5.63. The average Bonchev–Trinajstić information content (AvgIpc) is 2.74. The highest BCUT2D eigenvalue weighted by atomic mass is 32.1. The van der Waals surface area contributed by atoms with E-state index >= 15 is 0 Å². The lowest BCUT2D eigenvalue weighted by Gasteiger charge is -2.38. The van der Waals surface area contributed by atoms with E-state index in [1.165, 1.54) is 27.2 Å². The summed E-state index contributed by atoms with van der Waals surface area (Å²) in [4.78, 5) is 1.53. The van der Waals surface area contributed by atoms with Crippen molar-refractivity contribution in [1.82, 2.24) is 10.6 Å². The minimum absolute atomic E-state index is 0.160. The van der Waals surface area contributed by atoms with Crippen LogP contribution in [0.1, 0.15) is 42.1 Å². The summed E-state index contributed by atoms with van der Waals surface area (Å²) in [5, 5.41) is 7.44. The molecular formula is C24H34N3O2S+. The molecule has 0 saturated heterocycles. The number of methoxy groups -OCH3 is 2. The molecule has 0 radical (unpaired) electrons. The van der Waals surface area contributed by atoms with E-state index < -0.39 is 0 Å². The third-order valence-electron chi connectivity index (χ3n) is 6.01. The van der Waals surface area contributed by atoms with Gasteiger partial charge in [0, 0.05) is 24.1 Å². The Labute approximate surface area is 185 Å². The van der Waals surface area contributed by atoms with Crippen LogP contribution in [0, 0.1) is 6.92 Å². The van der Waals surface area contributed by atoms with Crippen molar-refractivity contribution in [2.75, 3.05) is 27.3 Å². The van der Waals surface area contributed by atoms with Gasteiger partial charge in [0.1, 0.15) is 12.6 Å². The number of quaternary nitrogens is 1. The molecule has 0 aliphatic carbocycles. The fourth-order valence-corrected chi connectivity index (χ4v) is 4.82. The van der Waals surface area contributed by atoms with E-state index in [9.17, 15) is 0 Å². The van der Waals surface area contributed by atoms with Gasteiger partial charge in [-0.1, -0.05) is 24.3 Å². The zero-order valence-electron chi connectivity index (χ0n) is 18.7. The highest BCUT2D eigenvalue weighted by Gasteiger charge is 2.37. The van der Waals surface area contributed by atoms with Gasteiger partial charge in [0.2, 0.25) is 0 Å². The number of benzene rings is 2. The van der Waals surface area contributed by atoms with E-state index in [4.69, 9.17) is 21.7 Å². The first-order chi connectivity index (χ1) is 14.5. The van der Waals surface area contributed by atoms with Crippen LogP contribution in [0.2, 0.25) is 0 Å². The summed E-state index contributed by atoms with van der Waals surface area (Å²) in [6, 6.07) is 13.4. The van der Waals surface area contributed by atoms with Gasteiger partial charge in [-0.3, -0.25) is 0 Å². The quantitative estimate of drug-likeness (QED) is 0.592. The van der Waals surface area contributed by atoms with Gasteiger partial charge >= 0.3 is 0 Å². The van der Waals surface area contributed by atoms with Crippen LogP contribution in [0.25, 0.3) is 0 Å². The molecule has 5 nitrogen and oxygen atoms in total. The van der Waals surface area contributed by atoms with Crippen molar-refractivity contribution < 1.29 is 14.4 Å². The van der Waals surface area contributed by atoms with Crippen LogP contribution in [0.4, 0.5) is 0 Å². The third-order valence-corrected chi connectivity index (χ3v) is 6.27. The molecule has 6 heteroatoms. The van der Waals surface area contributed by atoms with Gasteiger partial charge in [-0.25, -0.2) is 0 Å². The van der Waals surface area contributed by atoms with Crippen LogP contribution in [-0.4, -0.2) is 38.5 Å². The van der Waals surface area contributed by atoms with Crippen LogP contribution in [0.15, 0.2) is 36.4 Å². The summed E-state index contributed by atoms with van der Waals surface area (Å²) < 4.78 is 11.2. The van der Waals surface area contributed by atoms with E-state index in [-0.39, 0.29) is 12.1 Å². The molecule has 0 aromatic heterocycles. The van der Waals surface area contributed by atoms with Gasteiger partial charge in [0.25, 0.3) is 0 Å². The molecule has 0 bridgehead atoms. The fraction of sp³-hybridized carbons (Fsp3) is 0.458. The lowest BCUT2D eigenvalue weighted by atomic mass is 9.87. The Bertz CT molecular complexity index is 887. The maximum absolute atomic E-state index is 5.63. The molecule has 1 heterocycles. The van der Waals surface area contributed by atoms with Gasteiger partial charge in [0.05, 0.1) is 26.8 Å². The van der Waals surface area contributed by atoms with Crippen molar-refractivity contribution in [2.45, 2.75) is 45.8 Å². The summed E-state index contributed by atoms with van der Waals surface area (Å²) >= 11 is 5.50. The predicted octanol–water partition coefficient (Wildman–Crippen LogP) is 2.57. The number of aryl methyl sites for hydroxylation is 1. The van der Waals surface area contributed by atoms with Crippen LogP contribution in [-0.2, 0) is 13.0 Å². The highest BCUT2D eigenvalue weighted by molar-refractivity contribution is 7.80. The Morgan fingerprint density at radius 2 is 1.90 bits per heavy atom. The molecular weight excluding hydrogens is 394 g/mol. The monoisotopic (exact) mass is 428 g/mol. The first kappa shape index (κ1) is 22.4. The molecule has 3 atom stereocenters. The first-order valence-corrected chi connectivity index (χ1v) is 11.1. The Morgan fingerprint density at radius 3 is 2.57 bits per heavy atom. The van der Waals surface area contributed by atoms with Crippen molar-refractivity contribution in [3.63, 3.8) is 0 Å². The average molecular weight is 429 g/mol. The van der Waals surface area contributed by atoms with Gasteiger partial charge in [-0.15, -0.1) is 0 Å². The van der Waals surface area contributed by atoms with Gasteiger partial charge < -0.3 is 25.0 Å². The molecule has 0 fully saturated rings. The molecule has 0 amide bonds. The molecule has 3 N–H and O–H groups in total.